The smallest absolute Gasteiger partial charge is 0.251 e. The van der Waals surface area contributed by atoms with Gasteiger partial charge in [0.05, 0.1) is 10.9 Å². The number of sulfone groups is 1. The summed E-state index contributed by atoms with van der Waals surface area (Å²) in [6.07, 6.45) is 3.51. The van der Waals surface area contributed by atoms with E-state index in [2.05, 4.69) is 11.9 Å². The predicted octanol–water partition coefficient (Wildman–Crippen LogP) is 3.54. The van der Waals surface area contributed by atoms with Crippen molar-refractivity contribution in [3.05, 3.63) is 72.3 Å². The summed E-state index contributed by atoms with van der Waals surface area (Å²) in [6.45, 7) is 5.96. The molecule has 5 nitrogen and oxygen atoms in total. The Bertz CT molecular complexity index is 856. The first-order valence-corrected chi connectivity index (χ1v) is 10.2. The van der Waals surface area contributed by atoms with Crippen molar-refractivity contribution < 1.29 is 17.9 Å². The van der Waals surface area contributed by atoms with Gasteiger partial charge in [-0.1, -0.05) is 31.7 Å². The molecule has 0 saturated heterocycles. The summed E-state index contributed by atoms with van der Waals surface area (Å²) in [6, 6.07) is 13.3. The minimum absolute atomic E-state index is 0.195. The molecule has 0 aliphatic heterocycles. The number of ether oxygens (including phenoxy) is 1. The Kier molecular flexibility index (Phi) is 6.58. The Morgan fingerprint density at radius 1 is 1.15 bits per heavy atom. The molecule has 0 saturated carbocycles. The lowest BCUT2D eigenvalue weighted by atomic mass is 10.0. The summed E-state index contributed by atoms with van der Waals surface area (Å²) < 4.78 is 28.5. The zero-order valence-electron chi connectivity index (χ0n) is 14.9. The van der Waals surface area contributed by atoms with Crippen LogP contribution in [0.3, 0.4) is 0 Å². The van der Waals surface area contributed by atoms with Crippen LogP contribution >= 0.6 is 0 Å². The van der Waals surface area contributed by atoms with Gasteiger partial charge in [-0.15, -0.1) is 0 Å². The monoisotopic (exact) mass is 373 g/mol. The number of carbonyl (C=O) groups is 1. The van der Waals surface area contributed by atoms with Crippen LogP contribution in [-0.2, 0) is 9.84 Å². The molecule has 0 spiro atoms. The highest BCUT2D eigenvalue weighted by molar-refractivity contribution is 7.90. The van der Waals surface area contributed by atoms with Gasteiger partial charge in [0.15, 0.2) is 9.84 Å². The predicted molar refractivity (Wildman–Crippen MR) is 102 cm³/mol. The molecule has 0 fully saturated rings. The summed E-state index contributed by atoms with van der Waals surface area (Å²) in [5.41, 5.74) is 1.39. The van der Waals surface area contributed by atoms with Crippen molar-refractivity contribution in [3.8, 4) is 5.75 Å². The summed E-state index contributed by atoms with van der Waals surface area (Å²) >= 11 is 0. The minimum Gasteiger partial charge on any atom is -0.490 e. The highest BCUT2D eigenvalue weighted by atomic mass is 32.2. The Balaban J connectivity index is 2.09. The fourth-order valence-electron chi connectivity index (χ4n) is 2.47. The molecule has 1 atom stereocenters. The van der Waals surface area contributed by atoms with E-state index in [-0.39, 0.29) is 16.8 Å². The maximum Gasteiger partial charge on any atom is 0.251 e. The van der Waals surface area contributed by atoms with E-state index in [1.165, 1.54) is 6.26 Å². The SMILES string of the molecule is C=CCOc1ccc(C(=O)NC(CC)c2ccc(S(C)(=O)=O)cc2)cc1. The van der Waals surface area contributed by atoms with Gasteiger partial charge in [-0.2, -0.15) is 0 Å². The van der Waals surface area contributed by atoms with Gasteiger partial charge in [0.2, 0.25) is 0 Å². The fraction of sp³-hybridized carbons (Fsp3) is 0.250. The van der Waals surface area contributed by atoms with Crippen LogP contribution in [0, 0.1) is 0 Å². The average molecular weight is 373 g/mol. The Morgan fingerprint density at radius 3 is 2.27 bits per heavy atom. The van der Waals surface area contributed by atoms with Gasteiger partial charge < -0.3 is 10.1 Å². The summed E-state index contributed by atoms with van der Waals surface area (Å²) in [5, 5.41) is 2.97. The highest BCUT2D eigenvalue weighted by Gasteiger charge is 2.15. The van der Waals surface area contributed by atoms with Gasteiger partial charge >= 0.3 is 0 Å². The molecule has 138 valence electrons. The van der Waals surface area contributed by atoms with E-state index >= 15 is 0 Å². The van der Waals surface area contributed by atoms with Crippen LogP contribution in [0.4, 0.5) is 0 Å². The molecule has 1 unspecified atom stereocenters. The third kappa shape index (κ3) is 5.20. The van der Waals surface area contributed by atoms with E-state index in [0.29, 0.717) is 24.3 Å². The molecule has 0 bridgehead atoms. The number of nitrogens with one attached hydrogen (secondary N) is 1. The zero-order valence-corrected chi connectivity index (χ0v) is 15.8. The van der Waals surface area contributed by atoms with Gasteiger partial charge in [0.1, 0.15) is 12.4 Å². The quantitative estimate of drug-likeness (QED) is 0.719. The number of hydrogen-bond acceptors (Lipinski definition) is 4. The van der Waals surface area contributed by atoms with Crippen molar-refractivity contribution in [2.75, 3.05) is 12.9 Å². The van der Waals surface area contributed by atoms with Crippen molar-refractivity contribution in [2.45, 2.75) is 24.3 Å². The van der Waals surface area contributed by atoms with Gasteiger partial charge in [0.25, 0.3) is 5.91 Å². The van der Waals surface area contributed by atoms with Crippen molar-refractivity contribution in [2.24, 2.45) is 0 Å². The molecule has 6 heteroatoms. The molecule has 0 radical (unpaired) electrons. The molecule has 0 aromatic heterocycles. The Hall–Kier alpha value is -2.60. The molecule has 1 amide bonds. The van der Waals surface area contributed by atoms with Crippen LogP contribution in [0.2, 0.25) is 0 Å². The van der Waals surface area contributed by atoms with Crippen LogP contribution in [0.25, 0.3) is 0 Å². The second-order valence-electron chi connectivity index (χ2n) is 5.90. The molecular weight excluding hydrogens is 350 g/mol. The third-order valence-corrected chi connectivity index (χ3v) is 5.04. The van der Waals surface area contributed by atoms with Crippen molar-refractivity contribution >= 4 is 15.7 Å². The number of benzene rings is 2. The Morgan fingerprint density at radius 2 is 1.77 bits per heavy atom. The summed E-state index contributed by atoms with van der Waals surface area (Å²) in [7, 11) is -3.23. The first kappa shape index (κ1) is 19.7. The molecule has 2 aromatic rings. The third-order valence-electron chi connectivity index (χ3n) is 3.91. The lowest BCUT2D eigenvalue weighted by Gasteiger charge is -2.18. The lowest BCUT2D eigenvalue weighted by molar-refractivity contribution is 0.0935. The van der Waals surface area contributed by atoms with Gasteiger partial charge in [-0.3, -0.25) is 4.79 Å². The second-order valence-corrected chi connectivity index (χ2v) is 7.92. The normalized spacial score (nSPS) is 12.2. The average Bonchev–Trinajstić information content (AvgIpc) is 2.64. The fourth-order valence-corrected chi connectivity index (χ4v) is 3.10. The highest BCUT2D eigenvalue weighted by Crippen LogP contribution is 2.20. The molecular formula is C20H23NO4S. The second kappa shape index (κ2) is 8.67. The summed E-state index contributed by atoms with van der Waals surface area (Å²) in [4.78, 5) is 12.7. The van der Waals surface area contributed by atoms with Crippen LogP contribution in [-0.4, -0.2) is 27.2 Å². The number of carbonyl (C=O) groups excluding carboxylic acids is 1. The molecule has 1 N–H and O–H groups in total. The van der Waals surface area contributed by atoms with E-state index in [0.717, 1.165) is 5.56 Å². The van der Waals surface area contributed by atoms with Crippen LogP contribution < -0.4 is 10.1 Å². The topological polar surface area (TPSA) is 72.5 Å². The first-order chi connectivity index (χ1) is 12.3. The lowest BCUT2D eigenvalue weighted by Crippen LogP contribution is -2.28. The van der Waals surface area contributed by atoms with Crippen molar-refractivity contribution in [3.63, 3.8) is 0 Å². The molecule has 0 aliphatic rings. The van der Waals surface area contributed by atoms with E-state index in [9.17, 15) is 13.2 Å². The number of amides is 1. The van der Waals surface area contributed by atoms with Gasteiger partial charge in [-0.25, -0.2) is 8.42 Å². The van der Waals surface area contributed by atoms with E-state index in [1.54, 1.807) is 54.6 Å². The van der Waals surface area contributed by atoms with Crippen molar-refractivity contribution in [1.82, 2.24) is 5.32 Å². The van der Waals surface area contributed by atoms with E-state index < -0.39 is 9.84 Å². The minimum atomic E-state index is -3.23. The first-order valence-electron chi connectivity index (χ1n) is 8.29. The maximum atomic E-state index is 12.5. The van der Waals surface area contributed by atoms with Crippen LogP contribution in [0.1, 0.15) is 35.3 Å². The largest absolute Gasteiger partial charge is 0.490 e. The zero-order chi connectivity index (χ0) is 19.2. The van der Waals surface area contributed by atoms with Gasteiger partial charge in [-0.05, 0) is 48.4 Å². The van der Waals surface area contributed by atoms with Crippen LogP contribution in [0.5, 0.6) is 5.75 Å². The van der Waals surface area contributed by atoms with Gasteiger partial charge in [0, 0.05) is 11.8 Å². The summed E-state index contributed by atoms with van der Waals surface area (Å²) in [5.74, 6) is 0.476. The molecule has 2 rings (SSSR count). The molecule has 0 heterocycles. The molecule has 26 heavy (non-hydrogen) atoms. The number of rotatable bonds is 8. The molecule has 2 aromatic carbocycles. The molecule has 0 aliphatic carbocycles. The maximum absolute atomic E-state index is 12.5. The van der Waals surface area contributed by atoms with Crippen molar-refractivity contribution in [1.29, 1.82) is 0 Å². The van der Waals surface area contributed by atoms with E-state index in [4.69, 9.17) is 4.74 Å². The Labute approximate surface area is 154 Å². The van der Waals surface area contributed by atoms with E-state index in [1.807, 2.05) is 6.92 Å². The standard InChI is InChI=1S/C20H23NO4S/c1-4-14-25-17-10-6-16(7-11-17)20(22)21-19(5-2)15-8-12-18(13-9-15)26(3,23)24/h4,6-13,19H,1,5,14H2,2-3H3,(H,21,22). The number of hydrogen-bond donors (Lipinski definition) is 1. The van der Waals surface area contributed by atoms with Crippen LogP contribution in [0.15, 0.2) is 66.1 Å².